The Balaban J connectivity index is 2.51. The molecule has 0 aliphatic heterocycles. The van der Waals surface area contributed by atoms with Crippen LogP contribution in [0.4, 0.5) is 10.5 Å². The monoisotopic (exact) mass is 248 g/mol. The van der Waals surface area contributed by atoms with Crippen LogP contribution in [0.1, 0.15) is 30.6 Å². The van der Waals surface area contributed by atoms with E-state index in [0.29, 0.717) is 24.2 Å². The summed E-state index contributed by atoms with van der Waals surface area (Å²) in [5, 5.41) is 5.15. The number of hydrogen-bond donors (Lipinski definition) is 2. The number of rotatable bonds is 5. The van der Waals surface area contributed by atoms with Crippen LogP contribution in [0.5, 0.6) is 0 Å². The van der Waals surface area contributed by atoms with Crippen molar-refractivity contribution in [3.05, 3.63) is 29.8 Å². The minimum absolute atomic E-state index is 0.0221. The van der Waals surface area contributed by atoms with E-state index in [2.05, 4.69) is 10.6 Å². The zero-order chi connectivity index (χ0) is 13.5. The minimum Gasteiger partial charge on any atom is -0.337 e. The van der Waals surface area contributed by atoms with Crippen molar-refractivity contribution in [3.63, 3.8) is 0 Å². The third kappa shape index (κ3) is 4.78. The van der Waals surface area contributed by atoms with Crippen molar-refractivity contribution >= 4 is 23.3 Å². The number of urea groups is 1. The van der Waals surface area contributed by atoms with E-state index in [-0.39, 0.29) is 11.6 Å². The first-order valence-electron chi connectivity index (χ1n) is 5.64. The van der Waals surface area contributed by atoms with Crippen LogP contribution in [0.15, 0.2) is 24.3 Å². The molecule has 1 aromatic rings. The molecule has 0 unspecified atom stereocenters. The average molecular weight is 248 g/mol. The maximum Gasteiger partial charge on any atom is 0.319 e. The second kappa shape index (κ2) is 6.54. The Hall–Kier alpha value is -2.17. The summed E-state index contributed by atoms with van der Waals surface area (Å²) in [6, 6.07) is 6.28. The van der Waals surface area contributed by atoms with Crippen molar-refractivity contribution in [1.29, 1.82) is 0 Å². The van der Waals surface area contributed by atoms with Gasteiger partial charge in [-0.2, -0.15) is 0 Å². The molecule has 0 heterocycles. The molecule has 0 saturated carbocycles. The highest BCUT2D eigenvalue weighted by Gasteiger charge is 2.04. The fourth-order valence-corrected chi connectivity index (χ4v) is 1.34. The molecular formula is C13H16N2O3. The first kappa shape index (κ1) is 13.9. The van der Waals surface area contributed by atoms with Crippen molar-refractivity contribution < 1.29 is 14.4 Å². The maximum absolute atomic E-state index is 11.5. The molecule has 1 rings (SSSR count). The van der Waals surface area contributed by atoms with Gasteiger partial charge >= 0.3 is 6.03 Å². The van der Waals surface area contributed by atoms with Gasteiger partial charge < -0.3 is 10.6 Å². The van der Waals surface area contributed by atoms with Crippen molar-refractivity contribution in [2.45, 2.75) is 20.3 Å². The molecule has 0 saturated heterocycles. The molecule has 18 heavy (non-hydrogen) atoms. The van der Waals surface area contributed by atoms with Gasteiger partial charge in [0.2, 0.25) is 0 Å². The summed E-state index contributed by atoms with van der Waals surface area (Å²) in [5.41, 5.74) is 1.08. The van der Waals surface area contributed by atoms with E-state index in [9.17, 15) is 14.4 Å². The lowest BCUT2D eigenvalue weighted by Crippen LogP contribution is -2.30. The predicted octanol–water partition coefficient (Wildman–Crippen LogP) is 1.99. The predicted molar refractivity (Wildman–Crippen MR) is 68.8 cm³/mol. The fraction of sp³-hybridized carbons (Fsp3) is 0.308. The fourth-order valence-electron chi connectivity index (χ4n) is 1.34. The normalized spacial score (nSPS) is 9.67. The minimum atomic E-state index is -0.392. The third-order valence-corrected chi connectivity index (χ3v) is 2.29. The summed E-state index contributed by atoms with van der Waals surface area (Å²) in [4.78, 5) is 33.3. The summed E-state index contributed by atoms with van der Waals surface area (Å²) in [6.45, 7) is 3.23. The average Bonchev–Trinajstić information content (AvgIpc) is 2.28. The Bertz CT molecular complexity index is 469. The van der Waals surface area contributed by atoms with E-state index in [0.717, 1.165) is 0 Å². The standard InChI is InChI=1S/C13H16N2O3/c1-9(16)6-7-14-13(18)15-12-5-3-4-11(8-12)10(2)17/h3-5,8H,6-7H2,1-2H3,(H2,14,15,18). The SMILES string of the molecule is CC(=O)CCNC(=O)Nc1cccc(C(C)=O)c1. The van der Waals surface area contributed by atoms with Crippen LogP contribution in [0.25, 0.3) is 0 Å². The molecule has 2 N–H and O–H groups in total. The quantitative estimate of drug-likeness (QED) is 0.782. The van der Waals surface area contributed by atoms with Crippen LogP contribution < -0.4 is 10.6 Å². The summed E-state index contributed by atoms with van der Waals surface area (Å²) in [5.74, 6) is -0.0375. The molecule has 0 aromatic heterocycles. The van der Waals surface area contributed by atoms with Gasteiger partial charge in [0.1, 0.15) is 5.78 Å². The van der Waals surface area contributed by atoms with E-state index in [1.165, 1.54) is 13.8 Å². The van der Waals surface area contributed by atoms with Crippen molar-refractivity contribution in [2.75, 3.05) is 11.9 Å². The number of ketones is 2. The van der Waals surface area contributed by atoms with Crippen LogP contribution in [0.3, 0.4) is 0 Å². The molecular weight excluding hydrogens is 232 g/mol. The lowest BCUT2D eigenvalue weighted by atomic mass is 10.1. The zero-order valence-electron chi connectivity index (χ0n) is 10.4. The van der Waals surface area contributed by atoms with Gasteiger partial charge in [0.05, 0.1) is 0 Å². The Morgan fingerprint density at radius 3 is 2.50 bits per heavy atom. The van der Waals surface area contributed by atoms with Gasteiger partial charge in [0.15, 0.2) is 5.78 Å². The van der Waals surface area contributed by atoms with Gasteiger partial charge in [-0.1, -0.05) is 12.1 Å². The Morgan fingerprint density at radius 2 is 1.89 bits per heavy atom. The van der Waals surface area contributed by atoms with Gasteiger partial charge in [-0.05, 0) is 26.0 Å². The summed E-state index contributed by atoms with van der Waals surface area (Å²) in [6.07, 6.45) is 0.306. The molecule has 0 radical (unpaired) electrons. The van der Waals surface area contributed by atoms with Gasteiger partial charge in [0.25, 0.3) is 0 Å². The van der Waals surface area contributed by atoms with E-state index >= 15 is 0 Å². The lowest BCUT2D eigenvalue weighted by molar-refractivity contribution is -0.116. The highest BCUT2D eigenvalue weighted by atomic mass is 16.2. The number of nitrogens with one attached hydrogen (secondary N) is 2. The molecule has 1 aromatic carbocycles. The molecule has 0 atom stereocenters. The van der Waals surface area contributed by atoms with Crippen LogP contribution >= 0.6 is 0 Å². The molecule has 0 aliphatic carbocycles. The molecule has 0 spiro atoms. The molecule has 0 fully saturated rings. The number of amides is 2. The second-order valence-corrected chi connectivity index (χ2v) is 3.97. The van der Waals surface area contributed by atoms with Crippen LogP contribution in [-0.2, 0) is 4.79 Å². The lowest BCUT2D eigenvalue weighted by Gasteiger charge is -2.07. The molecule has 96 valence electrons. The van der Waals surface area contributed by atoms with Crippen molar-refractivity contribution in [3.8, 4) is 0 Å². The molecule has 0 aliphatic rings. The number of hydrogen-bond acceptors (Lipinski definition) is 3. The molecule has 5 nitrogen and oxygen atoms in total. The third-order valence-electron chi connectivity index (χ3n) is 2.29. The van der Waals surface area contributed by atoms with E-state index in [1.54, 1.807) is 24.3 Å². The topological polar surface area (TPSA) is 75.3 Å². The number of Topliss-reactive ketones (excluding diaryl/α,β-unsaturated/α-hetero) is 2. The van der Waals surface area contributed by atoms with Gasteiger partial charge in [-0.3, -0.25) is 9.59 Å². The Kier molecular flexibility index (Phi) is 5.05. The molecule has 5 heteroatoms. The molecule has 2 amide bonds. The Labute approximate surface area is 106 Å². The summed E-state index contributed by atoms with van der Waals surface area (Å²) in [7, 11) is 0. The van der Waals surface area contributed by atoms with Gasteiger partial charge in [-0.15, -0.1) is 0 Å². The van der Waals surface area contributed by atoms with E-state index in [1.807, 2.05) is 0 Å². The van der Waals surface area contributed by atoms with Gasteiger partial charge in [-0.25, -0.2) is 4.79 Å². The van der Waals surface area contributed by atoms with Crippen molar-refractivity contribution in [1.82, 2.24) is 5.32 Å². The zero-order valence-corrected chi connectivity index (χ0v) is 10.4. The number of benzene rings is 1. The smallest absolute Gasteiger partial charge is 0.319 e. The van der Waals surface area contributed by atoms with Crippen LogP contribution in [-0.4, -0.2) is 24.1 Å². The van der Waals surface area contributed by atoms with Crippen molar-refractivity contribution in [2.24, 2.45) is 0 Å². The van der Waals surface area contributed by atoms with Gasteiger partial charge in [0, 0.05) is 24.2 Å². The summed E-state index contributed by atoms with van der Waals surface area (Å²) < 4.78 is 0. The number of carbonyl (C=O) groups excluding carboxylic acids is 3. The first-order chi connectivity index (χ1) is 8.49. The van der Waals surface area contributed by atoms with E-state index in [4.69, 9.17) is 0 Å². The maximum atomic E-state index is 11.5. The Morgan fingerprint density at radius 1 is 1.17 bits per heavy atom. The highest BCUT2D eigenvalue weighted by Crippen LogP contribution is 2.10. The van der Waals surface area contributed by atoms with Crippen LogP contribution in [0.2, 0.25) is 0 Å². The first-order valence-corrected chi connectivity index (χ1v) is 5.64. The number of anilines is 1. The number of carbonyl (C=O) groups is 3. The highest BCUT2D eigenvalue weighted by molar-refractivity contribution is 5.96. The largest absolute Gasteiger partial charge is 0.337 e. The molecule has 0 bridgehead atoms. The summed E-state index contributed by atoms with van der Waals surface area (Å²) >= 11 is 0. The van der Waals surface area contributed by atoms with Crippen LogP contribution in [0, 0.1) is 0 Å². The second-order valence-electron chi connectivity index (χ2n) is 3.97. The van der Waals surface area contributed by atoms with E-state index < -0.39 is 6.03 Å².